The lowest BCUT2D eigenvalue weighted by Crippen LogP contribution is -2.22. The molecule has 7 heteroatoms. The summed E-state index contributed by atoms with van der Waals surface area (Å²) in [6.07, 6.45) is 1.79. The number of nitrogens with one attached hydrogen (secondary N) is 4. The molecule has 1 aromatic heterocycles. The average molecular weight is 354 g/mol. The Balaban J connectivity index is 2.06. The molecule has 2 rings (SSSR count). The van der Waals surface area contributed by atoms with Crippen molar-refractivity contribution < 1.29 is 4.79 Å². The Morgan fingerprint density at radius 2 is 1.81 bits per heavy atom. The second-order valence-corrected chi connectivity index (χ2v) is 6.82. The lowest BCUT2D eigenvalue weighted by atomic mass is 10.1. The molecule has 0 aliphatic heterocycles. The van der Waals surface area contributed by atoms with Crippen molar-refractivity contribution in [3.8, 4) is 0 Å². The van der Waals surface area contributed by atoms with Crippen molar-refractivity contribution in [2.45, 2.75) is 26.3 Å². The second kappa shape index (κ2) is 7.77. The highest BCUT2D eigenvalue weighted by molar-refractivity contribution is 6.02. The quantitative estimate of drug-likeness (QED) is 0.406. The number of amides is 1. The van der Waals surface area contributed by atoms with E-state index in [1.165, 1.54) is 0 Å². The highest BCUT2D eigenvalue weighted by Gasteiger charge is 2.13. The number of nitrogens with zero attached hydrogens (tertiary/aromatic N) is 1. The molecule has 26 heavy (non-hydrogen) atoms. The molecule has 1 amide bonds. The molecule has 0 aliphatic carbocycles. The SMILES string of the molecule is C=C(Nc1ccc(C(=O)NC)cc1)Nc1[nH]ccc1C(N)=NC(C)(C)C. The molecule has 0 fully saturated rings. The summed E-state index contributed by atoms with van der Waals surface area (Å²) in [4.78, 5) is 19.1. The summed E-state index contributed by atoms with van der Waals surface area (Å²) in [5, 5.41) is 8.88. The van der Waals surface area contributed by atoms with Gasteiger partial charge in [-0.15, -0.1) is 0 Å². The first kappa shape index (κ1) is 19.1. The molecule has 0 bridgehead atoms. The molecule has 0 spiro atoms. The van der Waals surface area contributed by atoms with Crippen LogP contribution < -0.4 is 21.7 Å². The normalized spacial score (nSPS) is 11.8. The van der Waals surface area contributed by atoms with Crippen LogP contribution in [0.4, 0.5) is 11.5 Å². The number of carbonyl (C=O) groups excluding carboxylic acids is 1. The van der Waals surface area contributed by atoms with Crippen molar-refractivity contribution in [3.05, 3.63) is 60.1 Å². The van der Waals surface area contributed by atoms with Gasteiger partial charge in [-0.25, -0.2) is 0 Å². The van der Waals surface area contributed by atoms with Gasteiger partial charge in [0.1, 0.15) is 17.5 Å². The summed E-state index contributed by atoms with van der Waals surface area (Å²) in [5.74, 6) is 1.59. The number of rotatable bonds is 6. The van der Waals surface area contributed by atoms with Gasteiger partial charge >= 0.3 is 0 Å². The Labute approximate surface area is 153 Å². The van der Waals surface area contributed by atoms with Gasteiger partial charge < -0.3 is 26.7 Å². The van der Waals surface area contributed by atoms with Crippen LogP contribution in [-0.4, -0.2) is 29.3 Å². The summed E-state index contributed by atoms with van der Waals surface area (Å²) in [5.41, 5.74) is 8.02. The predicted molar refractivity (Wildman–Crippen MR) is 107 cm³/mol. The number of hydrogen-bond donors (Lipinski definition) is 5. The Morgan fingerprint density at radius 3 is 2.38 bits per heavy atom. The number of aromatic amines is 1. The summed E-state index contributed by atoms with van der Waals surface area (Å²) in [6, 6.07) is 8.95. The van der Waals surface area contributed by atoms with E-state index < -0.39 is 0 Å². The van der Waals surface area contributed by atoms with Crippen LogP contribution in [0.3, 0.4) is 0 Å². The first-order chi connectivity index (χ1) is 12.2. The van der Waals surface area contributed by atoms with Gasteiger partial charge in [0.05, 0.1) is 11.1 Å². The summed E-state index contributed by atoms with van der Waals surface area (Å²) in [6.45, 7) is 9.94. The van der Waals surface area contributed by atoms with Crippen molar-refractivity contribution in [1.82, 2.24) is 10.3 Å². The van der Waals surface area contributed by atoms with Gasteiger partial charge in [0.2, 0.25) is 0 Å². The van der Waals surface area contributed by atoms with Crippen molar-refractivity contribution in [2.75, 3.05) is 17.7 Å². The maximum Gasteiger partial charge on any atom is 0.251 e. The Hall–Kier alpha value is -3.22. The number of benzene rings is 1. The number of aliphatic imine (C=N–C) groups is 1. The smallest absolute Gasteiger partial charge is 0.251 e. The van der Waals surface area contributed by atoms with E-state index in [0.29, 0.717) is 23.0 Å². The molecule has 2 aromatic rings. The van der Waals surface area contributed by atoms with E-state index in [1.54, 1.807) is 25.4 Å². The van der Waals surface area contributed by atoms with Gasteiger partial charge in [-0.05, 0) is 51.1 Å². The molecule has 0 radical (unpaired) electrons. The molecular weight excluding hydrogens is 328 g/mol. The molecule has 0 unspecified atom stereocenters. The minimum atomic E-state index is -0.263. The zero-order chi connectivity index (χ0) is 19.3. The summed E-state index contributed by atoms with van der Waals surface area (Å²) >= 11 is 0. The van der Waals surface area contributed by atoms with Gasteiger partial charge in [0.15, 0.2) is 0 Å². The van der Waals surface area contributed by atoms with Crippen LogP contribution in [0.25, 0.3) is 0 Å². The predicted octanol–water partition coefficient (Wildman–Crippen LogP) is 2.87. The summed E-state index contributed by atoms with van der Waals surface area (Å²) in [7, 11) is 1.60. The van der Waals surface area contributed by atoms with Crippen LogP contribution in [-0.2, 0) is 0 Å². The van der Waals surface area contributed by atoms with E-state index in [9.17, 15) is 4.79 Å². The fourth-order valence-electron chi connectivity index (χ4n) is 2.31. The zero-order valence-corrected chi connectivity index (χ0v) is 15.6. The fraction of sp³-hybridized carbons (Fsp3) is 0.263. The third-order valence-corrected chi connectivity index (χ3v) is 3.42. The molecular formula is C19H26N6O. The highest BCUT2D eigenvalue weighted by atomic mass is 16.1. The van der Waals surface area contributed by atoms with Gasteiger partial charge in [0.25, 0.3) is 5.91 Å². The molecule has 6 N–H and O–H groups in total. The molecule has 0 saturated heterocycles. The van der Waals surface area contributed by atoms with E-state index >= 15 is 0 Å². The van der Waals surface area contributed by atoms with Crippen LogP contribution in [0.2, 0.25) is 0 Å². The lowest BCUT2D eigenvalue weighted by molar-refractivity contribution is 0.0963. The standard InChI is InChI=1S/C19H26N6O/c1-12(23-14-8-6-13(7-9-14)18(26)21-5)24-17-15(10-11-22-17)16(20)25-19(2,3)4/h6-11,22-24H,1H2,2-5H3,(H2,20,25)(H,21,26). The minimum Gasteiger partial charge on any atom is -0.383 e. The molecule has 138 valence electrons. The first-order valence-corrected chi connectivity index (χ1v) is 8.28. The summed E-state index contributed by atoms with van der Waals surface area (Å²) < 4.78 is 0. The van der Waals surface area contributed by atoms with Gasteiger partial charge in [-0.3, -0.25) is 9.79 Å². The first-order valence-electron chi connectivity index (χ1n) is 8.28. The third kappa shape index (κ3) is 5.14. The van der Waals surface area contributed by atoms with Crippen LogP contribution in [0.5, 0.6) is 0 Å². The number of amidine groups is 1. The molecule has 0 aliphatic rings. The second-order valence-electron chi connectivity index (χ2n) is 6.82. The van der Waals surface area contributed by atoms with Crippen molar-refractivity contribution in [2.24, 2.45) is 10.7 Å². The molecule has 0 atom stereocenters. The Kier molecular flexibility index (Phi) is 5.71. The van der Waals surface area contributed by atoms with E-state index in [4.69, 9.17) is 5.73 Å². The fourth-order valence-corrected chi connectivity index (χ4v) is 2.31. The van der Waals surface area contributed by atoms with Crippen LogP contribution in [0.15, 0.2) is 53.9 Å². The van der Waals surface area contributed by atoms with Crippen LogP contribution in [0, 0.1) is 0 Å². The topological polar surface area (TPSA) is 107 Å². The van der Waals surface area contributed by atoms with E-state index in [1.807, 2.05) is 39.0 Å². The zero-order valence-electron chi connectivity index (χ0n) is 15.6. The van der Waals surface area contributed by atoms with Crippen LogP contribution in [0.1, 0.15) is 36.7 Å². The number of H-pyrrole nitrogens is 1. The minimum absolute atomic E-state index is 0.127. The van der Waals surface area contributed by atoms with Gasteiger partial charge in [0, 0.05) is 24.5 Å². The van der Waals surface area contributed by atoms with Crippen molar-refractivity contribution in [3.63, 3.8) is 0 Å². The largest absolute Gasteiger partial charge is 0.383 e. The molecule has 1 aromatic carbocycles. The van der Waals surface area contributed by atoms with E-state index in [0.717, 1.165) is 11.3 Å². The van der Waals surface area contributed by atoms with E-state index in [-0.39, 0.29) is 11.4 Å². The molecule has 1 heterocycles. The highest BCUT2D eigenvalue weighted by Crippen LogP contribution is 2.18. The van der Waals surface area contributed by atoms with Crippen LogP contribution >= 0.6 is 0 Å². The maximum absolute atomic E-state index is 11.6. The number of nitrogens with two attached hydrogens (primary N) is 1. The number of hydrogen-bond acceptors (Lipinski definition) is 4. The third-order valence-electron chi connectivity index (χ3n) is 3.42. The number of anilines is 2. The molecule has 7 nitrogen and oxygen atoms in total. The average Bonchev–Trinajstić information content (AvgIpc) is 3.01. The lowest BCUT2D eigenvalue weighted by Gasteiger charge is -2.15. The van der Waals surface area contributed by atoms with Crippen molar-refractivity contribution >= 4 is 23.2 Å². The van der Waals surface area contributed by atoms with Gasteiger partial charge in [-0.2, -0.15) is 0 Å². The monoisotopic (exact) mass is 354 g/mol. The maximum atomic E-state index is 11.6. The van der Waals surface area contributed by atoms with Crippen molar-refractivity contribution in [1.29, 1.82) is 0 Å². The number of aromatic nitrogens is 1. The Morgan fingerprint density at radius 1 is 1.15 bits per heavy atom. The number of carbonyl (C=O) groups is 1. The Bertz CT molecular complexity index is 811. The molecule has 0 saturated carbocycles. The van der Waals surface area contributed by atoms with E-state index in [2.05, 4.69) is 32.5 Å². The van der Waals surface area contributed by atoms with Gasteiger partial charge in [-0.1, -0.05) is 6.58 Å².